The Morgan fingerprint density at radius 1 is 0.950 bits per heavy atom. The third-order valence-electron chi connectivity index (χ3n) is 7.28. The molecule has 2 aliphatic rings. The van der Waals surface area contributed by atoms with Gasteiger partial charge in [-0.05, 0) is 103 Å². The summed E-state index contributed by atoms with van der Waals surface area (Å²) in [7, 11) is 1.67. The van der Waals surface area contributed by atoms with Crippen molar-refractivity contribution in [3.63, 3.8) is 0 Å². The number of fused-ring (bicyclic) bond motifs is 6. The van der Waals surface area contributed by atoms with E-state index >= 15 is 0 Å². The number of H-pyrrole nitrogens is 1. The van der Waals surface area contributed by atoms with Gasteiger partial charge in [0, 0.05) is 35.7 Å². The summed E-state index contributed by atoms with van der Waals surface area (Å²) >= 11 is 0. The molecule has 3 aromatic carbocycles. The first kappa shape index (κ1) is 27.0. The van der Waals surface area contributed by atoms with Crippen molar-refractivity contribution in [2.75, 3.05) is 13.7 Å². The van der Waals surface area contributed by atoms with E-state index in [2.05, 4.69) is 81.8 Å². The molecule has 0 saturated heterocycles. The molecule has 1 aromatic heterocycles. The van der Waals surface area contributed by atoms with Crippen LogP contribution in [0, 0.1) is 41.3 Å². The number of ether oxygens (including phenoxy) is 2. The summed E-state index contributed by atoms with van der Waals surface area (Å²) < 4.78 is 25.3. The molecule has 4 nitrogen and oxygen atoms in total. The van der Waals surface area contributed by atoms with Gasteiger partial charge in [-0.2, -0.15) is 0 Å². The van der Waals surface area contributed by atoms with Crippen molar-refractivity contribution in [1.29, 1.82) is 0 Å². The fraction of sp³-hybridized carbons (Fsp3) is 0.257. The van der Waals surface area contributed by atoms with Gasteiger partial charge in [-0.3, -0.25) is 4.90 Å². The molecule has 200 valence electrons. The first-order valence-corrected chi connectivity index (χ1v) is 13.3. The quantitative estimate of drug-likeness (QED) is 0.303. The highest BCUT2D eigenvalue weighted by Crippen LogP contribution is 2.44. The van der Waals surface area contributed by atoms with Crippen LogP contribution in [0.1, 0.15) is 47.8 Å². The lowest BCUT2D eigenvalue weighted by Gasteiger charge is -2.40. The average molecular weight is 531 g/mol. The van der Waals surface area contributed by atoms with E-state index in [1.165, 1.54) is 45.4 Å². The second-order valence-electron chi connectivity index (χ2n) is 9.69. The highest BCUT2D eigenvalue weighted by atomic mass is 19.1. The monoisotopic (exact) mass is 530 g/mol. The lowest BCUT2D eigenvalue weighted by molar-refractivity contribution is 0.158. The number of nitrogens with zero attached hydrogens (tertiary/aromatic N) is 1. The van der Waals surface area contributed by atoms with Gasteiger partial charge in [-0.15, -0.1) is 0 Å². The molecule has 4 aromatic rings. The second-order valence-corrected chi connectivity index (χ2v) is 9.69. The minimum atomic E-state index is -0.254. The number of aromatic amines is 1. The summed E-state index contributed by atoms with van der Waals surface area (Å²) in [6.07, 6.45) is 1.96. The molecule has 1 atom stereocenters. The second kappa shape index (κ2) is 12.5. The molecule has 40 heavy (non-hydrogen) atoms. The number of methoxy groups -OCH3 is 1. The predicted octanol–water partition coefficient (Wildman–Crippen LogP) is 6.59. The number of aromatic nitrogens is 1. The fourth-order valence-corrected chi connectivity index (χ4v) is 5.46. The van der Waals surface area contributed by atoms with Crippen LogP contribution >= 0.6 is 0 Å². The summed E-state index contributed by atoms with van der Waals surface area (Å²) in [5, 5.41) is 1.32. The van der Waals surface area contributed by atoms with Gasteiger partial charge < -0.3 is 14.5 Å². The molecule has 2 aliphatic heterocycles. The smallest absolute Gasteiger partial charge is 0.162 e. The van der Waals surface area contributed by atoms with Crippen LogP contribution in [0.15, 0.2) is 60.7 Å². The van der Waals surface area contributed by atoms with Gasteiger partial charge in [-0.1, -0.05) is 42.2 Å². The Kier molecular flexibility index (Phi) is 8.41. The van der Waals surface area contributed by atoms with Crippen molar-refractivity contribution in [3.8, 4) is 47.0 Å². The standard InChI is InChI=1S/C27H25FN2O2.C8H6/c1-31-26-12-18-9-10-30-15-24-22(20-7-2-3-8-23(20)29-24)13-25(30)21(18)14-27(26)32-16-17-5-4-6-19(28)11-17;1-3-5-7-8-6-4-2/h2-8,11-12,14,25,29H,9-10,13,15-16H2,1H3;1-2H3. The Balaban J connectivity index is 0.000000355. The van der Waals surface area contributed by atoms with Gasteiger partial charge >= 0.3 is 0 Å². The molecular weight excluding hydrogens is 499 g/mol. The summed E-state index contributed by atoms with van der Waals surface area (Å²) in [5.74, 6) is 16.7. The Morgan fingerprint density at radius 2 is 1.75 bits per heavy atom. The number of rotatable bonds is 4. The lowest BCUT2D eigenvalue weighted by Crippen LogP contribution is -2.39. The van der Waals surface area contributed by atoms with Gasteiger partial charge in [-0.25, -0.2) is 4.39 Å². The van der Waals surface area contributed by atoms with Gasteiger partial charge in [0.05, 0.1) is 7.11 Å². The summed E-state index contributed by atoms with van der Waals surface area (Å²) in [5.41, 5.74) is 7.40. The van der Waals surface area contributed by atoms with Crippen molar-refractivity contribution in [2.24, 2.45) is 0 Å². The number of benzene rings is 3. The molecule has 5 heteroatoms. The SMILES string of the molecule is CC#CC#CC#CC.COc1cc2c(cc1OCc1cccc(F)c1)C1Cc3c([nH]c4ccccc34)CN1CC2. The molecule has 1 N–H and O–H groups in total. The number of halogens is 1. The fourth-order valence-electron chi connectivity index (χ4n) is 5.46. The minimum absolute atomic E-state index is 0.254. The van der Waals surface area contributed by atoms with E-state index in [-0.39, 0.29) is 5.82 Å². The molecule has 0 fully saturated rings. The van der Waals surface area contributed by atoms with Crippen LogP contribution in [-0.2, 0) is 26.0 Å². The van der Waals surface area contributed by atoms with Crippen molar-refractivity contribution >= 4 is 10.9 Å². The topological polar surface area (TPSA) is 37.5 Å². The first-order valence-electron chi connectivity index (χ1n) is 13.3. The molecular formula is C35H31FN2O2. The molecule has 0 radical (unpaired) electrons. The highest BCUT2D eigenvalue weighted by molar-refractivity contribution is 5.85. The normalized spacial score (nSPS) is 14.8. The lowest BCUT2D eigenvalue weighted by atomic mass is 9.85. The summed E-state index contributed by atoms with van der Waals surface area (Å²) in [6.45, 7) is 5.74. The van der Waals surface area contributed by atoms with Crippen molar-refractivity contribution in [3.05, 3.63) is 94.4 Å². The van der Waals surface area contributed by atoms with E-state index < -0.39 is 0 Å². The maximum atomic E-state index is 13.6. The van der Waals surface area contributed by atoms with E-state index in [9.17, 15) is 4.39 Å². The van der Waals surface area contributed by atoms with E-state index in [1.807, 2.05) is 6.07 Å². The third-order valence-corrected chi connectivity index (χ3v) is 7.28. The number of hydrogen-bond acceptors (Lipinski definition) is 3. The van der Waals surface area contributed by atoms with E-state index in [1.54, 1.807) is 27.0 Å². The van der Waals surface area contributed by atoms with Gasteiger partial charge in [0.2, 0.25) is 0 Å². The van der Waals surface area contributed by atoms with Crippen LogP contribution in [0.4, 0.5) is 4.39 Å². The van der Waals surface area contributed by atoms with E-state index in [4.69, 9.17) is 9.47 Å². The maximum Gasteiger partial charge on any atom is 0.162 e. The zero-order chi connectivity index (χ0) is 27.9. The number of hydrogen-bond donors (Lipinski definition) is 1. The van der Waals surface area contributed by atoms with Crippen LogP contribution in [0.2, 0.25) is 0 Å². The zero-order valence-corrected chi connectivity index (χ0v) is 23.0. The Morgan fingerprint density at radius 3 is 2.50 bits per heavy atom. The predicted molar refractivity (Wildman–Crippen MR) is 157 cm³/mol. The highest BCUT2D eigenvalue weighted by Gasteiger charge is 2.34. The van der Waals surface area contributed by atoms with Crippen LogP contribution in [0.3, 0.4) is 0 Å². The van der Waals surface area contributed by atoms with Crippen LogP contribution in [0.5, 0.6) is 11.5 Å². The number of nitrogens with one attached hydrogen (secondary N) is 1. The molecule has 0 bridgehead atoms. The summed E-state index contributed by atoms with van der Waals surface area (Å²) in [4.78, 5) is 6.19. The van der Waals surface area contributed by atoms with Crippen molar-refractivity contribution in [2.45, 2.75) is 45.9 Å². The Bertz CT molecular complexity index is 1690. The molecule has 0 aliphatic carbocycles. The van der Waals surface area contributed by atoms with Gasteiger partial charge in [0.25, 0.3) is 0 Å². The minimum Gasteiger partial charge on any atom is -0.493 e. The number of para-hydroxylation sites is 1. The van der Waals surface area contributed by atoms with E-state index in [0.717, 1.165) is 37.2 Å². The third kappa shape index (κ3) is 5.84. The molecule has 0 saturated carbocycles. The average Bonchev–Trinajstić information content (AvgIpc) is 3.34. The van der Waals surface area contributed by atoms with Crippen molar-refractivity contribution < 1.29 is 13.9 Å². The van der Waals surface area contributed by atoms with Crippen molar-refractivity contribution in [1.82, 2.24) is 9.88 Å². The molecule has 0 spiro atoms. The molecule has 3 heterocycles. The molecule has 6 rings (SSSR count). The largest absolute Gasteiger partial charge is 0.493 e. The van der Waals surface area contributed by atoms with Gasteiger partial charge in [0.1, 0.15) is 12.4 Å². The maximum absolute atomic E-state index is 13.6. The zero-order valence-electron chi connectivity index (χ0n) is 23.0. The summed E-state index contributed by atoms with van der Waals surface area (Å²) in [6, 6.07) is 19.7. The molecule has 1 unspecified atom stereocenters. The first-order chi connectivity index (χ1) is 19.6. The van der Waals surface area contributed by atoms with Crippen LogP contribution in [0.25, 0.3) is 10.9 Å². The Hall–Kier alpha value is -4.63. The van der Waals surface area contributed by atoms with Crippen LogP contribution < -0.4 is 9.47 Å². The van der Waals surface area contributed by atoms with E-state index in [0.29, 0.717) is 18.4 Å². The Labute approximate surface area is 235 Å². The molecule has 0 amide bonds. The van der Waals surface area contributed by atoms with Crippen LogP contribution in [-0.4, -0.2) is 23.5 Å². The van der Waals surface area contributed by atoms with Gasteiger partial charge in [0.15, 0.2) is 11.5 Å².